The monoisotopic (exact) mass is 688 g/mol. The lowest BCUT2D eigenvalue weighted by molar-refractivity contribution is -0.221. The Morgan fingerprint density at radius 2 is 1.90 bits per heavy atom. The van der Waals surface area contributed by atoms with Crippen molar-refractivity contribution in [2.75, 3.05) is 13.2 Å². The molecule has 222 valence electrons. The zero-order chi connectivity index (χ0) is 30.1. The number of rotatable bonds is 8. The van der Waals surface area contributed by atoms with Gasteiger partial charge in [0.05, 0.1) is 30.1 Å². The maximum Gasteiger partial charge on any atom is 0.194 e. The second kappa shape index (κ2) is 12.8. The first kappa shape index (κ1) is 30.6. The predicted octanol–water partition coefficient (Wildman–Crippen LogP) is 4.89. The van der Waals surface area contributed by atoms with E-state index in [-0.39, 0.29) is 23.7 Å². The van der Waals surface area contributed by atoms with Crippen LogP contribution in [-0.4, -0.2) is 71.5 Å². The summed E-state index contributed by atoms with van der Waals surface area (Å²) in [7, 11) is 0. The van der Waals surface area contributed by atoms with Crippen molar-refractivity contribution in [3.63, 3.8) is 0 Å². The zero-order valence-corrected chi connectivity index (χ0v) is 24.7. The summed E-state index contributed by atoms with van der Waals surface area (Å²) >= 11 is 15.9. The van der Waals surface area contributed by atoms with Crippen LogP contribution in [0.3, 0.4) is 0 Å². The third-order valence-corrected chi connectivity index (χ3v) is 7.49. The van der Waals surface area contributed by atoms with Crippen LogP contribution in [0.5, 0.6) is 0 Å². The molecule has 0 spiro atoms. The third kappa shape index (κ3) is 5.97. The van der Waals surface area contributed by atoms with Gasteiger partial charge in [0.1, 0.15) is 42.0 Å². The van der Waals surface area contributed by atoms with E-state index in [2.05, 4.69) is 36.3 Å². The number of hydrogen-bond acceptors (Lipinski definition) is 8. The predicted molar refractivity (Wildman–Crippen MR) is 149 cm³/mol. The van der Waals surface area contributed by atoms with Gasteiger partial charge in [0.15, 0.2) is 23.3 Å². The summed E-state index contributed by atoms with van der Waals surface area (Å²) in [5.41, 5.74) is 0.307. The first-order valence-electron chi connectivity index (χ1n) is 12.4. The lowest BCUT2D eigenvalue weighted by atomic mass is 9.91. The summed E-state index contributed by atoms with van der Waals surface area (Å²) in [6.07, 6.45) is -1.68. The molecule has 2 aromatic heterocycles. The number of aryl methyl sites for hydroxylation is 1. The molecule has 5 rings (SSSR count). The SMILES string of the molecule is Cc1nc([C@@H]2O[C@H](CO)[C@H](O)[C@H](n3cc(-c4cc(F)c(F)c(F)c4)nn3)[C@H]2OC/C=C\Br)n(-c2cc(Cl)ccc2Cl)n1. The summed E-state index contributed by atoms with van der Waals surface area (Å²) in [6.45, 7) is 1.11. The van der Waals surface area contributed by atoms with Crippen LogP contribution in [-0.2, 0) is 9.47 Å². The van der Waals surface area contributed by atoms with E-state index in [0.717, 1.165) is 12.1 Å². The number of halogens is 6. The Morgan fingerprint density at radius 3 is 2.60 bits per heavy atom. The number of aliphatic hydroxyl groups excluding tert-OH is 2. The van der Waals surface area contributed by atoms with E-state index >= 15 is 0 Å². The van der Waals surface area contributed by atoms with E-state index in [9.17, 15) is 23.4 Å². The molecule has 2 N–H and O–H groups in total. The molecule has 1 aliphatic rings. The van der Waals surface area contributed by atoms with Crippen LogP contribution >= 0.6 is 39.1 Å². The van der Waals surface area contributed by atoms with E-state index in [0.29, 0.717) is 21.6 Å². The lowest BCUT2D eigenvalue weighted by Gasteiger charge is -2.43. The fourth-order valence-corrected chi connectivity index (χ4v) is 5.21. The van der Waals surface area contributed by atoms with Crippen LogP contribution < -0.4 is 0 Å². The Morgan fingerprint density at radius 1 is 1.17 bits per heavy atom. The van der Waals surface area contributed by atoms with Crippen molar-refractivity contribution < 1.29 is 32.9 Å². The highest BCUT2D eigenvalue weighted by molar-refractivity contribution is 9.11. The average Bonchev–Trinajstić information content (AvgIpc) is 3.60. The first-order valence-corrected chi connectivity index (χ1v) is 14.1. The van der Waals surface area contributed by atoms with Crippen LogP contribution in [0.15, 0.2) is 47.6 Å². The van der Waals surface area contributed by atoms with Crippen LogP contribution in [0.25, 0.3) is 16.9 Å². The normalized spacial score (nSPS) is 22.7. The van der Waals surface area contributed by atoms with E-state index in [1.165, 1.54) is 15.6 Å². The zero-order valence-electron chi connectivity index (χ0n) is 21.6. The molecule has 10 nitrogen and oxygen atoms in total. The maximum atomic E-state index is 13.9. The van der Waals surface area contributed by atoms with Crippen molar-refractivity contribution >= 4 is 39.1 Å². The molecule has 5 atom stereocenters. The minimum Gasteiger partial charge on any atom is -0.394 e. The first-order chi connectivity index (χ1) is 20.1. The molecule has 0 radical (unpaired) electrons. The minimum absolute atomic E-state index is 0.00702. The molecule has 0 saturated carbocycles. The van der Waals surface area contributed by atoms with Gasteiger partial charge in [-0.3, -0.25) is 0 Å². The Hall–Kier alpha value is -2.85. The summed E-state index contributed by atoms with van der Waals surface area (Å²) in [5, 5.41) is 34.7. The number of aliphatic hydroxyl groups is 2. The molecular weight excluding hydrogens is 668 g/mol. The van der Waals surface area contributed by atoms with Gasteiger partial charge in [-0.25, -0.2) is 27.5 Å². The molecule has 42 heavy (non-hydrogen) atoms. The van der Waals surface area contributed by atoms with E-state index in [1.54, 1.807) is 36.2 Å². The van der Waals surface area contributed by atoms with Crippen LogP contribution in [0.1, 0.15) is 23.8 Å². The summed E-state index contributed by atoms with van der Waals surface area (Å²) in [6, 6.07) is 5.29. The van der Waals surface area contributed by atoms with Gasteiger partial charge in [0.25, 0.3) is 0 Å². The fraction of sp³-hybridized carbons (Fsp3) is 0.308. The maximum absolute atomic E-state index is 13.9. The van der Waals surface area contributed by atoms with Crippen molar-refractivity contribution in [1.82, 2.24) is 29.8 Å². The summed E-state index contributed by atoms with van der Waals surface area (Å²) in [5.74, 6) is -3.84. The lowest BCUT2D eigenvalue weighted by Crippen LogP contribution is -2.54. The molecule has 1 aliphatic heterocycles. The van der Waals surface area contributed by atoms with Crippen molar-refractivity contribution in [3.05, 3.63) is 86.7 Å². The average molecular weight is 690 g/mol. The van der Waals surface area contributed by atoms with Gasteiger partial charge in [-0.1, -0.05) is 50.4 Å². The smallest absolute Gasteiger partial charge is 0.194 e. The molecule has 0 bridgehead atoms. The fourth-order valence-electron chi connectivity index (χ4n) is 4.69. The molecule has 2 aromatic carbocycles. The largest absolute Gasteiger partial charge is 0.394 e. The van der Waals surface area contributed by atoms with Gasteiger partial charge in [0.2, 0.25) is 0 Å². The molecule has 1 fully saturated rings. The summed E-state index contributed by atoms with van der Waals surface area (Å²) < 4.78 is 56.4. The van der Waals surface area contributed by atoms with E-state index in [4.69, 9.17) is 32.7 Å². The quantitative estimate of drug-likeness (QED) is 0.251. The molecule has 0 amide bonds. The van der Waals surface area contributed by atoms with E-state index in [1.807, 2.05) is 0 Å². The van der Waals surface area contributed by atoms with Crippen molar-refractivity contribution in [3.8, 4) is 16.9 Å². The van der Waals surface area contributed by atoms with Crippen LogP contribution in [0.4, 0.5) is 13.2 Å². The molecule has 1 saturated heterocycles. The number of ether oxygens (including phenoxy) is 2. The Kier molecular flexibility index (Phi) is 9.32. The molecular formula is C26H22BrCl2F3N6O4. The van der Waals surface area contributed by atoms with Crippen LogP contribution in [0, 0.1) is 24.4 Å². The van der Waals surface area contributed by atoms with Gasteiger partial charge < -0.3 is 19.7 Å². The molecule has 0 aliphatic carbocycles. The number of hydrogen-bond donors (Lipinski definition) is 2. The standard InChI is InChI=1S/C26H22BrCl2F3N6O4/c1-12-33-26(38(35-12)19-9-14(28)3-4-15(19)29)25-24(41-6-2-5-27)22(23(40)20(11-39)42-25)37-10-18(34-36-37)13-7-16(30)21(32)17(31)8-13/h2-5,7-10,20,22-25,39-40H,6,11H2,1H3/b5-2-/t20-,22+,23+,24-,25-/m1/s1. The van der Waals surface area contributed by atoms with Gasteiger partial charge in [-0.15, -0.1) is 5.10 Å². The second-order valence-electron chi connectivity index (χ2n) is 9.28. The topological polar surface area (TPSA) is 120 Å². The summed E-state index contributed by atoms with van der Waals surface area (Å²) in [4.78, 5) is 6.13. The highest BCUT2D eigenvalue weighted by Gasteiger charge is 2.50. The second-order valence-corrected chi connectivity index (χ2v) is 10.7. The Balaban J connectivity index is 1.62. The van der Waals surface area contributed by atoms with E-state index < -0.39 is 54.5 Å². The van der Waals surface area contributed by atoms with Gasteiger partial charge in [-0.05, 0) is 42.2 Å². The minimum atomic E-state index is -1.62. The molecule has 4 aromatic rings. The Bertz CT molecular complexity index is 1600. The van der Waals surface area contributed by atoms with Crippen LogP contribution in [0.2, 0.25) is 10.0 Å². The van der Waals surface area contributed by atoms with Gasteiger partial charge in [0, 0.05) is 10.6 Å². The third-order valence-electron chi connectivity index (χ3n) is 6.57. The van der Waals surface area contributed by atoms with Gasteiger partial charge >= 0.3 is 0 Å². The highest BCUT2D eigenvalue weighted by Crippen LogP contribution is 2.41. The van der Waals surface area contributed by atoms with Crippen molar-refractivity contribution in [2.45, 2.75) is 37.4 Å². The molecule has 16 heteroatoms. The highest BCUT2D eigenvalue weighted by atomic mass is 79.9. The van der Waals surface area contributed by atoms with Crippen molar-refractivity contribution in [1.29, 1.82) is 0 Å². The Labute approximate surface area is 255 Å². The molecule has 0 unspecified atom stereocenters. The number of aromatic nitrogens is 6. The van der Waals surface area contributed by atoms with Gasteiger partial charge in [-0.2, -0.15) is 5.10 Å². The number of benzene rings is 2. The number of nitrogens with zero attached hydrogens (tertiary/aromatic N) is 6. The molecule has 3 heterocycles. The van der Waals surface area contributed by atoms with Crippen molar-refractivity contribution in [2.24, 2.45) is 0 Å².